The highest BCUT2D eigenvalue weighted by molar-refractivity contribution is 5.92. The number of para-hydroxylation sites is 1. The lowest BCUT2D eigenvalue weighted by Crippen LogP contribution is -2.47. The lowest BCUT2D eigenvalue weighted by atomic mass is 9.91. The molecular weight excluding hydrogens is 328 g/mol. The van der Waals surface area contributed by atoms with Crippen molar-refractivity contribution in [2.24, 2.45) is 0 Å². The van der Waals surface area contributed by atoms with Crippen LogP contribution in [0.2, 0.25) is 0 Å². The molecule has 136 valence electrons. The zero-order valence-corrected chi connectivity index (χ0v) is 15.2. The smallest absolute Gasteiger partial charge is 0.247 e. The molecule has 1 unspecified atom stereocenters. The van der Waals surface area contributed by atoms with Crippen molar-refractivity contribution in [1.82, 2.24) is 10.2 Å². The molecule has 0 fully saturated rings. The zero-order chi connectivity index (χ0) is 18.5. The number of benzene rings is 2. The summed E-state index contributed by atoms with van der Waals surface area (Å²) in [6.07, 6.45) is 1.16. The summed E-state index contributed by atoms with van der Waals surface area (Å²) in [5.74, 6) is 0.575. The van der Waals surface area contributed by atoms with Crippen molar-refractivity contribution in [3.8, 4) is 5.75 Å². The lowest BCUT2D eigenvalue weighted by Gasteiger charge is -2.36. The number of hydrogen-bond acceptors (Lipinski definition) is 3. The van der Waals surface area contributed by atoms with Crippen LogP contribution in [0.1, 0.15) is 36.1 Å². The van der Waals surface area contributed by atoms with E-state index in [2.05, 4.69) is 5.32 Å². The Morgan fingerprint density at radius 1 is 1.19 bits per heavy atom. The topological polar surface area (TPSA) is 58.6 Å². The van der Waals surface area contributed by atoms with E-state index in [0.29, 0.717) is 19.5 Å². The normalized spacial score (nSPS) is 16.2. The highest BCUT2D eigenvalue weighted by Crippen LogP contribution is 2.31. The SMILES string of the molecule is CCCN1C(=O)Cc2ccccc2C1C(=O)NCc1ccccc1OC. The third-order valence-corrected chi connectivity index (χ3v) is 4.68. The van der Waals surface area contributed by atoms with Gasteiger partial charge in [0.2, 0.25) is 11.8 Å². The monoisotopic (exact) mass is 352 g/mol. The number of carbonyl (C=O) groups is 2. The van der Waals surface area contributed by atoms with Crippen molar-refractivity contribution < 1.29 is 14.3 Å². The number of hydrogen-bond donors (Lipinski definition) is 1. The molecule has 2 aromatic rings. The number of carbonyl (C=O) groups excluding carboxylic acids is 2. The Labute approximate surface area is 154 Å². The molecule has 0 saturated carbocycles. The molecule has 2 aromatic carbocycles. The van der Waals surface area contributed by atoms with Gasteiger partial charge in [0.1, 0.15) is 11.8 Å². The Hall–Kier alpha value is -2.82. The quantitative estimate of drug-likeness (QED) is 0.870. The largest absolute Gasteiger partial charge is 0.496 e. The molecule has 0 aromatic heterocycles. The average molecular weight is 352 g/mol. The number of fused-ring (bicyclic) bond motifs is 1. The van der Waals surface area contributed by atoms with Crippen LogP contribution in [-0.4, -0.2) is 30.4 Å². The molecule has 5 heteroatoms. The first-order valence-corrected chi connectivity index (χ1v) is 8.92. The van der Waals surface area contributed by atoms with Crippen molar-refractivity contribution in [2.75, 3.05) is 13.7 Å². The lowest BCUT2D eigenvalue weighted by molar-refractivity contribution is -0.141. The molecule has 1 aliphatic heterocycles. The van der Waals surface area contributed by atoms with Crippen LogP contribution in [0.3, 0.4) is 0 Å². The van der Waals surface area contributed by atoms with Gasteiger partial charge < -0.3 is 15.0 Å². The minimum absolute atomic E-state index is 0.00277. The molecule has 1 N–H and O–H groups in total. The second kappa shape index (κ2) is 8.04. The first-order chi connectivity index (χ1) is 12.7. The first kappa shape index (κ1) is 18.0. The third-order valence-electron chi connectivity index (χ3n) is 4.68. The second-order valence-corrected chi connectivity index (χ2v) is 6.39. The van der Waals surface area contributed by atoms with Crippen molar-refractivity contribution >= 4 is 11.8 Å². The summed E-state index contributed by atoms with van der Waals surface area (Å²) in [6.45, 7) is 2.94. The van der Waals surface area contributed by atoms with E-state index in [1.54, 1.807) is 12.0 Å². The summed E-state index contributed by atoms with van der Waals surface area (Å²) >= 11 is 0. The maximum absolute atomic E-state index is 13.0. The van der Waals surface area contributed by atoms with E-state index >= 15 is 0 Å². The zero-order valence-electron chi connectivity index (χ0n) is 15.2. The van der Waals surface area contributed by atoms with Crippen LogP contribution in [0.4, 0.5) is 0 Å². The van der Waals surface area contributed by atoms with Gasteiger partial charge in [-0.3, -0.25) is 9.59 Å². The molecule has 3 rings (SSSR count). The van der Waals surface area contributed by atoms with E-state index in [1.165, 1.54) is 0 Å². The number of nitrogens with zero attached hydrogens (tertiary/aromatic N) is 1. The fraction of sp³-hybridized carbons (Fsp3) is 0.333. The summed E-state index contributed by atoms with van der Waals surface area (Å²) in [7, 11) is 1.61. The van der Waals surface area contributed by atoms with Crippen molar-refractivity contribution in [2.45, 2.75) is 32.4 Å². The van der Waals surface area contributed by atoms with Crippen LogP contribution >= 0.6 is 0 Å². The van der Waals surface area contributed by atoms with Gasteiger partial charge in [0.15, 0.2) is 0 Å². The molecule has 0 saturated heterocycles. The fourth-order valence-corrected chi connectivity index (χ4v) is 3.44. The van der Waals surface area contributed by atoms with Gasteiger partial charge in [-0.25, -0.2) is 0 Å². The molecule has 0 radical (unpaired) electrons. The van der Waals surface area contributed by atoms with Gasteiger partial charge in [-0.15, -0.1) is 0 Å². The predicted molar refractivity (Wildman–Crippen MR) is 99.7 cm³/mol. The van der Waals surface area contributed by atoms with Gasteiger partial charge in [0, 0.05) is 18.7 Å². The summed E-state index contributed by atoms with van der Waals surface area (Å²) in [6, 6.07) is 14.7. The van der Waals surface area contributed by atoms with E-state index < -0.39 is 6.04 Å². The van der Waals surface area contributed by atoms with Crippen LogP contribution in [0.5, 0.6) is 5.75 Å². The third kappa shape index (κ3) is 3.57. The highest BCUT2D eigenvalue weighted by Gasteiger charge is 2.36. The van der Waals surface area contributed by atoms with E-state index in [0.717, 1.165) is 28.9 Å². The number of nitrogens with one attached hydrogen (secondary N) is 1. The van der Waals surface area contributed by atoms with Gasteiger partial charge in [-0.05, 0) is 23.6 Å². The first-order valence-electron chi connectivity index (χ1n) is 8.92. The molecule has 1 aliphatic rings. The van der Waals surface area contributed by atoms with Crippen LogP contribution in [0.25, 0.3) is 0 Å². The Kier molecular flexibility index (Phi) is 5.56. The molecule has 1 atom stereocenters. The molecule has 26 heavy (non-hydrogen) atoms. The Morgan fingerprint density at radius 3 is 2.69 bits per heavy atom. The molecule has 0 bridgehead atoms. The maximum Gasteiger partial charge on any atom is 0.247 e. The number of rotatable bonds is 6. The molecule has 1 heterocycles. The van der Waals surface area contributed by atoms with Gasteiger partial charge in [0.05, 0.1) is 13.5 Å². The maximum atomic E-state index is 13.0. The van der Waals surface area contributed by atoms with Gasteiger partial charge in [0.25, 0.3) is 0 Å². The van der Waals surface area contributed by atoms with Crippen LogP contribution in [0, 0.1) is 0 Å². The molecule has 2 amide bonds. The van der Waals surface area contributed by atoms with Crippen molar-refractivity contribution in [3.63, 3.8) is 0 Å². The second-order valence-electron chi connectivity index (χ2n) is 6.39. The number of methoxy groups -OCH3 is 1. The Balaban J connectivity index is 1.84. The molecular formula is C21H24N2O3. The van der Waals surface area contributed by atoms with Gasteiger partial charge >= 0.3 is 0 Å². The van der Waals surface area contributed by atoms with Crippen molar-refractivity contribution in [1.29, 1.82) is 0 Å². The minimum Gasteiger partial charge on any atom is -0.496 e. The van der Waals surface area contributed by atoms with E-state index in [4.69, 9.17) is 4.74 Å². The van der Waals surface area contributed by atoms with Crippen LogP contribution in [-0.2, 0) is 22.6 Å². The average Bonchev–Trinajstić information content (AvgIpc) is 2.67. The van der Waals surface area contributed by atoms with E-state index in [1.807, 2.05) is 55.5 Å². The molecule has 0 aliphatic carbocycles. The molecule has 0 spiro atoms. The summed E-state index contributed by atoms with van der Waals surface area (Å²) in [4.78, 5) is 27.3. The standard InChI is InChI=1S/C21H24N2O3/c1-3-12-23-19(24)13-15-8-4-6-10-17(15)20(23)21(25)22-14-16-9-5-7-11-18(16)26-2/h4-11,20H,3,12-14H2,1-2H3,(H,22,25). The molecule has 5 nitrogen and oxygen atoms in total. The van der Waals surface area contributed by atoms with E-state index in [-0.39, 0.29) is 11.8 Å². The summed E-state index contributed by atoms with van der Waals surface area (Å²) in [5.41, 5.74) is 2.75. The predicted octanol–water partition coefficient (Wildman–Crippen LogP) is 2.85. The van der Waals surface area contributed by atoms with Gasteiger partial charge in [-0.2, -0.15) is 0 Å². The van der Waals surface area contributed by atoms with E-state index in [9.17, 15) is 9.59 Å². The van der Waals surface area contributed by atoms with Crippen LogP contribution < -0.4 is 10.1 Å². The Morgan fingerprint density at radius 2 is 1.92 bits per heavy atom. The highest BCUT2D eigenvalue weighted by atomic mass is 16.5. The van der Waals surface area contributed by atoms with Gasteiger partial charge in [-0.1, -0.05) is 49.4 Å². The van der Waals surface area contributed by atoms with Crippen LogP contribution in [0.15, 0.2) is 48.5 Å². The summed E-state index contributed by atoms with van der Waals surface area (Å²) < 4.78 is 5.34. The number of amides is 2. The van der Waals surface area contributed by atoms with Crippen molar-refractivity contribution in [3.05, 3.63) is 65.2 Å². The number of ether oxygens (including phenoxy) is 1. The summed E-state index contributed by atoms with van der Waals surface area (Å²) in [5, 5.41) is 2.98. The Bertz CT molecular complexity index is 803. The fourth-order valence-electron chi connectivity index (χ4n) is 3.44. The minimum atomic E-state index is -0.581.